The monoisotopic (exact) mass is 382 g/mol. The molecule has 144 valence electrons. The number of carbonyl (C=O) groups is 1. The fourth-order valence-corrected chi connectivity index (χ4v) is 3.96. The summed E-state index contributed by atoms with van der Waals surface area (Å²) in [4.78, 5) is 17.6. The predicted octanol–water partition coefficient (Wildman–Crippen LogP) is 4.51. The number of nitrogens with two attached hydrogens (primary N) is 1. The topological polar surface area (TPSA) is 76.2 Å². The third-order valence-electron chi connectivity index (χ3n) is 5.18. The van der Waals surface area contributed by atoms with Crippen molar-refractivity contribution in [2.45, 2.75) is 18.9 Å². The van der Waals surface area contributed by atoms with Gasteiger partial charge >= 0.3 is 0 Å². The molecule has 4 nitrogen and oxygen atoms in total. The summed E-state index contributed by atoms with van der Waals surface area (Å²) in [5, 5.41) is 11.5. The molecule has 0 aliphatic rings. The molecule has 29 heavy (non-hydrogen) atoms. The summed E-state index contributed by atoms with van der Waals surface area (Å²) >= 11 is 0. The van der Waals surface area contributed by atoms with Crippen LogP contribution in [0, 0.1) is 0 Å². The molecular weight excluding hydrogens is 360 g/mol. The van der Waals surface area contributed by atoms with Crippen LogP contribution in [0.1, 0.15) is 34.3 Å². The Bertz CT molecular complexity index is 1160. The number of nitrogens with zero attached hydrogens (tertiary/aromatic N) is 1. The number of aliphatic hydroxyl groups is 1. The van der Waals surface area contributed by atoms with E-state index in [0.717, 1.165) is 11.1 Å². The molecule has 3 N–H and O–H groups in total. The summed E-state index contributed by atoms with van der Waals surface area (Å²) in [6.07, 6.45) is -0.749. The fourth-order valence-electron chi connectivity index (χ4n) is 3.96. The van der Waals surface area contributed by atoms with E-state index in [4.69, 9.17) is 10.7 Å². The summed E-state index contributed by atoms with van der Waals surface area (Å²) in [7, 11) is 0. The first-order chi connectivity index (χ1) is 14.1. The van der Waals surface area contributed by atoms with Gasteiger partial charge in [0.25, 0.3) is 0 Å². The molecule has 0 aliphatic carbocycles. The van der Waals surface area contributed by atoms with Crippen molar-refractivity contribution in [3.8, 4) is 11.3 Å². The van der Waals surface area contributed by atoms with E-state index < -0.39 is 17.9 Å². The molecule has 4 heteroatoms. The number of pyridine rings is 1. The highest BCUT2D eigenvalue weighted by atomic mass is 16.3. The third kappa shape index (κ3) is 3.50. The van der Waals surface area contributed by atoms with Gasteiger partial charge in [-0.25, -0.2) is 4.98 Å². The number of benzene rings is 3. The minimum atomic E-state index is -0.749. The molecule has 0 aliphatic heterocycles. The number of aliphatic hydroxyl groups excluding tert-OH is 1. The fraction of sp³-hybridized carbons (Fsp3) is 0.120. The van der Waals surface area contributed by atoms with Gasteiger partial charge in [-0.15, -0.1) is 0 Å². The van der Waals surface area contributed by atoms with Crippen molar-refractivity contribution in [1.29, 1.82) is 0 Å². The second-order valence-corrected chi connectivity index (χ2v) is 7.13. The van der Waals surface area contributed by atoms with Gasteiger partial charge in [-0.05, 0) is 18.6 Å². The molecule has 1 amide bonds. The van der Waals surface area contributed by atoms with Crippen LogP contribution >= 0.6 is 0 Å². The van der Waals surface area contributed by atoms with Crippen molar-refractivity contribution >= 4 is 16.8 Å². The Kier molecular flexibility index (Phi) is 5.10. The Morgan fingerprint density at radius 1 is 0.897 bits per heavy atom. The average Bonchev–Trinajstić information content (AvgIpc) is 2.74. The summed E-state index contributed by atoms with van der Waals surface area (Å²) in [5.41, 5.74) is 10.1. The number of rotatable bonds is 5. The first-order valence-electron chi connectivity index (χ1n) is 9.58. The second kappa shape index (κ2) is 7.86. The van der Waals surface area contributed by atoms with Gasteiger partial charge in [-0.3, -0.25) is 4.79 Å². The number of hydrogen-bond donors (Lipinski definition) is 2. The maximum atomic E-state index is 12.7. The van der Waals surface area contributed by atoms with Gasteiger partial charge in [0.05, 0.1) is 22.9 Å². The van der Waals surface area contributed by atoms with E-state index >= 15 is 0 Å². The smallest absolute Gasteiger partial charge is 0.249 e. The minimum absolute atomic E-state index is 0.407. The molecule has 4 rings (SSSR count). The van der Waals surface area contributed by atoms with Gasteiger partial charge in [0.2, 0.25) is 5.91 Å². The van der Waals surface area contributed by atoms with Gasteiger partial charge in [-0.2, -0.15) is 0 Å². The lowest BCUT2D eigenvalue weighted by atomic mass is 9.81. The minimum Gasteiger partial charge on any atom is -0.392 e. The SMILES string of the molecule is CC(O)C(c1ccccc1)c1c(-c2ccccc2)nc2ccccc2c1C(N)=O. The van der Waals surface area contributed by atoms with Gasteiger partial charge in [-0.1, -0.05) is 78.9 Å². The van der Waals surface area contributed by atoms with E-state index in [0.29, 0.717) is 27.7 Å². The van der Waals surface area contributed by atoms with Crippen molar-refractivity contribution in [1.82, 2.24) is 4.98 Å². The first kappa shape index (κ1) is 18.8. The molecule has 1 heterocycles. The van der Waals surface area contributed by atoms with Gasteiger partial charge < -0.3 is 10.8 Å². The third-order valence-corrected chi connectivity index (χ3v) is 5.18. The van der Waals surface area contributed by atoms with Crippen molar-refractivity contribution in [3.05, 3.63) is 102 Å². The zero-order valence-corrected chi connectivity index (χ0v) is 16.1. The molecule has 1 aromatic heterocycles. The molecular formula is C25H22N2O2. The highest BCUT2D eigenvalue weighted by Crippen LogP contribution is 2.39. The first-order valence-corrected chi connectivity index (χ1v) is 9.58. The quantitative estimate of drug-likeness (QED) is 0.533. The van der Waals surface area contributed by atoms with Gasteiger partial charge in [0.1, 0.15) is 0 Å². The van der Waals surface area contributed by atoms with E-state index in [2.05, 4.69) is 0 Å². The zero-order chi connectivity index (χ0) is 20.4. The van der Waals surface area contributed by atoms with Crippen molar-refractivity contribution in [2.75, 3.05) is 0 Å². The van der Waals surface area contributed by atoms with Crippen molar-refractivity contribution in [2.24, 2.45) is 5.73 Å². The lowest BCUT2D eigenvalue weighted by molar-refractivity contribution is 0.0999. The van der Waals surface area contributed by atoms with Gasteiger partial charge in [0.15, 0.2) is 0 Å². The van der Waals surface area contributed by atoms with Crippen LogP contribution in [0.3, 0.4) is 0 Å². The summed E-state index contributed by atoms with van der Waals surface area (Å²) in [6.45, 7) is 1.73. The highest BCUT2D eigenvalue weighted by molar-refractivity contribution is 6.08. The molecule has 2 atom stereocenters. The standard InChI is InChI=1S/C25H22N2O2/c1-16(28)21(17-10-4-2-5-11-17)23-22(25(26)29)19-14-8-9-15-20(19)27-24(23)18-12-6-3-7-13-18/h2-16,21,28H,1H3,(H2,26,29). The Hall–Kier alpha value is -3.50. The number of para-hydroxylation sites is 1. The van der Waals surface area contributed by atoms with Crippen LogP contribution < -0.4 is 5.73 Å². The Morgan fingerprint density at radius 3 is 2.10 bits per heavy atom. The normalized spacial score (nSPS) is 13.2. The van der Waals surface area contributed by atoms with E-state index in [-0.39, 0.29) is 0 Å². The maximum Gasteiger partial charge on any atom is 0.249 e. The van der Waals surface area contributed by atoms with Crippen LogP contribution in [-0.2, 0) is 0 Å². The molecule has 0 saturated carbocycles. The molecule has 4 aromatic rings. The molecule has 0 saturated heterocycles. The highest BCUT2D eigenvalue weighted by Gasteiger charge is 2.30. The van der Waals surface area contributed by atoms with Crippen LogP contribution in [0.5, 0.6) is 0 Å². The second-order valence-electron chi connectivity index (χ2n) is 7.13. The van der Waals surface area contributed by atoms with E-state index in [1.807, 2.05) is 84.9 Å². The summed E-state index contributed by atoms with van der Waals surface area (Å²) in [5.74, 6) is -0.983. The number of aromatic nitrogens is 1. The number of amides is 1. The van der Waals surface area contributed by atoms with E-state index in [1.54, 1.807) is 6.92 Å². The molecule has 2 unspecified atom stereocenters. The van der Waals surface area contributed by atoms with Crippen molar-refractivity contribution in [3.63, 3.8) is 0 Å². The molecule has 0 bridgehead atoms. The van der Waals surface area contributed by atoms with Crippen LogP contribution in [-0.4, -0.2) is 22.1 Å². The predicted molar refractivity (Wildman–Crippen MR) is 116 cm³/mol. The summed E-state index contributed by atoms with van der Waals surface area (Å²) < 4.78 is 0. The molecule has 0 spiro atoms. The van der Waals surface area contributed by atoms with Crippen LogP contribution in [0.25, 0.3) is 22.2 Å². The zero-order valence-electron chi connectivity index (χ0n) is 16.1. The number of fused-ring (bicyclic) bond motifs is 1. The molecule has 0 fully saturated rings. The largest absolute Gasteiger partial charge is 0.392 e. The van der Waals surface area contributed by atoms with Crippen LogP contribution in [0.4, 0.5) is 0 Å². The Morgan fingerprint density at radius 2 is 1.48 bits per heavy atom. The van der Waals surface area contributed by atoms with E-state index in [9.17, 15) is 9.90 Å². The van der Waals surface area contributed by atoms with Crippen LogP contribution in [0.15, 0.2) is 84.9 Å². The van der Waals surface area contributed by atoms with Gasteiger partial charge in [0, 0.05) is 22.4 Å². The van der Waals surface area contributed by atoms with Crippen molar-refractivity contribution < 1.29 is 9.90 Å². The summed E-state index contributed by atoms with van der Waals surface area (Å²) in [6, 6.07) is 26.8. The molecule has 0 radical (unpaired) electrons. The lowest BCUT2D eigenvalue weighted by Crippen LogP contribution is -2.24. The van der Waals surface area contributed by atoms with E-state index in [1.165, 1.54) is 0 Å². The Balaban J connectivity index is 2.15. The number of carbonyl (C=O) groups excluding carboxylic acids is 1. The maximum absolute atomic E-state index is 12.7. The number of primary amides is 1. The lowest BCUT2D eigenvalue weighted by Gasteiger charge is -2.26. The van der Waals surface area contributed by atoms with Crippen LogP contribution in [0.2, 0.25) is 0 Å². The Labute approximate surface area is 169 Å². The molecule has 3 aromatic carbocycles. The average molecular weight is 382 g/mol. The number of hydrogen-bond acceptors (Lipinski definition) is 3.